The number of aliphatic hydroxyl groups excluding tert-OH is 1. The first-order valence-electron chi connectivity index (χ1n) is 8.74. The van der Waals surface area contributed by atoms with Crippen molar-refractivity contribution in [1.82, 2.24) is 14.9 Å². The molecule has 6 nitrogen and oxygen atoms in total. The second kappa shape index (κ2) is 11.8. The molecule has 28 heavy (non-hydrogen) atoms. The minimum absolute atomic E-state index is 0. The van der Waals surface area contributed by atoms with Crippen LogP contribution >= 0.6 is 61.7 Å². The first-order chi connectivity index (χ1) is 12.5. The molecule has 2 atom stereocenters. The van der Waals surface area contributed by atoms with Gasteiger partial charge >= 0.3 is 0 Å². The Balaban J connectivity index is 0.00000196. The van der Waals surface area contributed by atoms with Crippen LogP contribution in [0.25, 0.3) is 10.9 Å². The van der Waals surface area contributed by atoms with E-state index in [1.54, 1.807) is 11.8 Å². The number of fused-ring (bicyclic) bond motifs is 1. The van der Waals surface area contributed by atoms with Gasteiger partial charge in [-0.2, -0.15) is 0 Å². The molecule has 2 aromatic rings. The molecule has 156 valence electrons. The van der Waals surface area contributed by atoms with Gasteiger partial charge in [-0.05, 0) is 53.2 Å². The van der Waals surface area contributed by atoms with Gasteiger partial charge in [0, 0.05) is 21.8 Å². The lowest BCUT2D eigenvalue weighted by molar-refractivity contribution is -0.121. The fourth-order valence-corrected chi connectivity index (χ4v) is 4.57. The highest BCUT2D eigenvalue weighted by atomic mass is 79.9. The fraction of sp³-hybridized carbons (Fsp3) is 0.500. The van der Waals surface area contributed by atoms with Crippen LogP contribution in [0.3, 0.4) is 0 Å². The van der Waals surface area contributed by atoms with Crippen molar-refractivity contribution >= 4 is 78.3 Å². The summed E-state index contributed by atoms with van der Waals surface area (Å²) >= 11 is 5.15. The number of hydrogen-bond acceptors (Lipinski definition) is 6. The lowest BCUT2D eigenvalue weighted by Gasteiger charge is -2.28. The number of carbonyl (C=O) groups excluding carboxylic acids is 1. The van der Waals surface area contributed by atoms with Gasteiger partial charge in [0.25, 0.3) is 5.56 Å². The summed E-state index contributed by atoms with van der Waals surface area (Å²) in [6.07, 6.45) is 2.74. The number of aliphatic hydroxyl groups is 1. The number of benzene rings is 1. The smallest absolute Gasteiger partial charge is 0.261 e. The average Bonchev–Trinajstić information content (AvgIpc) is 2.61. The van der Waals surface area contributed by atoms with Gasteiger partial charge in [-0.1, -0.05) is 6.92 Å². The number of aromatic nitrogens is 2. The summed E-state index contributed by atoms with van der Waals surface area (Å²) in [6, 6.07) is 3.43. The van der Waals surface area contributed by atoms with Gasteiger partial charge in [0.1, 0.15) is 0 Å². The maximum Gasteiger partial charge on any atom is 0.261 e. The van der Waals surface area contributed by atoms with Crippen molar-refractivity contribution in [2.45, 2.75) is 49.8 Å². The molecule has 1 aliphatic heterocycles. The highest BCUT2D eigenvalue weighted by Gasteiger charge is 2.25. The van der Waals surface area contributed by atoms with Crippen molar-refractivity contribution < 1.29 is 9.90 Å². The Labute approximate surface area is 197 Å². The van der Waals surface area contributed by atoms with E-state index in [-0.39, 0.29) is 64.3 Å². The van der Waals surface area contributed by atoms with Gasteiger partial charge in [-0.25, -0.2) is 4.98 Å². The van der Waals surface area contributed by atoms with Crippen molar-refractivity contribution in [3.05, 3.63) is 33.3 Å². The molecule has 1 aromatic carbocycles. The highest BCUT2D eigenvalue weighted by molar-refractivity contribution is 9.10. The third-order valence-corrected chi connectivity index (χ3v) is 6.38. The zero-order valence-corrected chi connectivity index (χ0v) is 21.2. The summed E-state index contributed by atoms with van der Waals surface area (Å²) in [6.45, 7) is 2.83. The second-order valence-electron chi connectivity index (χ2n) is 6.42. The molecule has 1 fully saturated rings. The zero-order valence-electron chi connectivity index (χ0n) is 15.4. The molecular weight excluding hydrogens is 578 g/mol. The highest BCUT2D eigenvalue weighted by Crippen LogP contribution is 2.30. The van der Waals surface area contributed by atoms with E-state index in [0.29, 0.717) is 17.3 Å². The summed E-state index contributed by atoms with van der Waals surface area (Å²) in [5, 5.41) is 13.7. The van der Waals surface area contributed by atoms with Gasteiger partial charge in [0.05, 0.1) is 29.9 Å². The van der Waals surface area contributed by atoms with Crippen molar-refractivity contribution in [2.24, 2.45) is 0 Å². The van der Waals surface area contributed by atoms with E-state index >= 15 is 0 Å². The standard InChI is InChI=1S/C18H22BrN3O3S.2BrH/c1-2-26-17-7-12-14(8-13(17)19)21-10-22(18(12)25)9-11(23)6-15-16(24)4-3-5-20-15;;/h7-8,10,15-16,20,24H,2-6,9H2,1H3;2*1H/t15-,16+;;/m0../s1. The molecule has 1 saturated heterocycles. The molecule has 1 aromatic heterocycles. The predicted octanol–water partition coefficient (Wildman–Crippen LogP) is 3.50. The molecule has 0 amide bonds. The molecule has 0 unspecified atom stereocenters. The van der Waals surface area contributed by atoms with E-state index in [4.69, 9.17) is 0 Å². The summed E-state index contributed by atoms with van der Waals surface area (Å²) in [5.74, 6) is 0.806. The van der Waals surface area contributed by atoms with Crippen molar-refractivity contribution in [2.75, 3.05) is 12.3 Å². The average molecular weight is 602 g/mol. The van der Waals surface area contributed by atoms with Crippen LogP contribution < -0.4 is 10.9 Å². The van der Waals surface area contributed by atoms with Crippen molar-refractivity contribution in [3.63, 3.8) is 0 Å². The number of hydrogen-bond donors (Lipinski definition) is 2. The third kappa shape index (κ3) is 6.12. The van der Waals surface area contributed by atoms with Crippen molar-refractivity contribution in [3.8, 4) is 0 Å². The number of nitrogens with zero attached hydrogens (tertiary/aromatic N) is 2. The first kappa shape index (κ1) is 25.8. The Morgan fingerprint density at radius 1 is 1.43 bits per heavy atom. The molecule has 10 heteroatoms. The number of carbonyl (C=O) groups is 1. The molecule has 0 aliphatic carbocycles. The minimum Gasteiger partial charge on any atom is -0.391 e. The van der Waals surface area contributed by atoms with Gasteiger partial charge in [0.15, 0.2) is 5.78 Å². The summed E-state index contributed by atoms with van der Waals surface area (Å²) < 4.78 is 2.27. The number of rotatable bonds is 6. The summed E-state index contributed by atoms with van der Waals surface area (Å²) in [7, 11) is 0. The molecular formula is C18H24Br3N3O3S. The zero-order chi connectivity index (χ0) is 18.7. The SMILES string of the molecule is Br.Br.CCSc1cc2c(=O)n(CC(=O)C[C@@H]3NCCC[C@H]3O)cnc2cc1Br. The Hall–Kier alpha value is -0.260. The largest absolute Gasteiger partial charge is 0.391 e. The van der Waals surface area contributed by atoms with E-state index in [1.165, 1.54) is 10.9 Å². The Bertz CT molecular complexity index is 878. The molecule has 0 saturated carbocycles. The lowest BCUT2D eigenvalue weighted by atomic mass is 9.97. The van der Waals surface area contributed by atoms with Crippen LogP contribution in [0.2, 0.25) is 0 Å². The van der Waals surface area contributed by atoms with Gasteiger partial charge < -0.3 is 10.4 Å². The van der Waals surface area contributed by atoms with Crippen LogP contribution in [0.4, 0.5) is 0 Å². The number of thioether (sulfide) groups is 1. The number of nitrogens with one attached hydrogen (secondary N) is 1. The van der Waals surface area contributed by atoms with Crippen LogP contribution in [0.15, 0.2) is 32.6 Å². The monoisotopic (exact) mass is 599 g/mol. The molecule has 0 radical (unpaired) electrons. The van der Waals surface area contributed by atoms with E-state index in [9.17, 15) is 14.7 Å². The van der Waals surface area contributed by atoms with E-state index in [2.05, 4.69) is 33.2 Å². The van der Waals surface area contributed by atoms with E-state index < -0.39 is 6.10 Å². The van der Waals surface area contributed by atoms with E-state index in [1.807, 2.05) is 12.1 Å². The van der Waals surface area contributed by atoms with Gasteiger partial charge in [-0.15, -0.1) is 45.7 Å². The molecule has 2 N–H and O–H groups in total. The predicted molar refractivity (Wildman–Crippen MR) is 127 cm³/mol. The molecule has 0 bridgehead atoms. The number of piperidine rings is 1. The lowest BCUT2D eigenvalue weighted by Crippen LogP contribution is -2.46. The Morgan fingerprint density at radius 3 is 2.86 bits per heavy atom. The van der Waals surface area contributed by atoms with E-state index in [0.717, 1.165) is 28.1 Å². The molecule has 1 aliphatic rings. The molecule has 2 heterocycles. The second-order valence-corrected chi connectivity index (χ2v) is 8.58. The maximum atomic E-state index is 12.8. The van der Waals surface area contributed by atoms with Crippen LogP contribution in [0.5, 0.6) is 0 Å². The normalized spacial score (nSPS) is 19.0. The van der Waals surface area contributed by atoms with Crippen LogP contribution in [0.1, 0.15) is 26.2 Å². The number of ketones is 1. The van der Waals surface area contributed by atoms with Crippen LogP contribution in [0, 0.1) is 0 Å². The third-order valence-electron chi connectivity index (χ3n) is 4.52. The maximum absolute atomic E-state index is 12.8. The van der Waals surface area contributed by atoms with Crippen molar-refractivity contribution in [1.29, 1.82) is 0 Å². The Morgan fingerprint density at radius 2 is 2.18 bits per heavy atom. The molecule has 0 spiro atoms. The first-order valence-corrected chi connectivity index (χ1v) is 10.5. The minimum atomic E-state index is -0.509. The fourth-order valence-electron chi connectivity index (χ4n) is 3.18. The number of halogens is 3. The van der Waals surface area contributed by atoms with Gasteiger partial charge in [0.2, 0.25) is 0 Å². The summed E-state index contributed by atoms with van der Waals surface area (Å²) in [4.78, 5) is 30.5. The topological polar surface area (TPSA) is 84.2 Å². The number of Topliss-reactive ketones (excluding diaryl/α,β-unsaturated/α-hetero) is 1. The Kier molecular flexibility index (Phi) is 10.9. The van der Waals surface area contributed by atoms with Crippen LogP contribution in [-0.2, 0) is 11.3 Å². The summed E-state index contributed by atoms with van der Waals surface area (Å²) in [5.41, 5.74) is 0.390. The molecule has 3 rings (SSSR count). The quantitative estimate of drug-likeness (QED) is 0.493. The van der Waals surface area contributed by atoms with Crippen LogP contribution in [-0.4, -0.2) is 44.9 Å². The van der Waals surface area contributed by atoms with Gasteiger partial charge in [-0.3, -0.25) is 14.2 Å².